The SMILES string of the molecule is CCc1ccc(CC(C)(N)c2cccc(Br)c2)cc1. The first-order valence-electron chi connectivity index (χ1n) is 6.64. The van der Waals surface area contributed by atoms with Crippen molar-refractivity contribution in [3.63, 3.8) is 0 Å². The zero-order valence-corrected chi connectivity index (χ0v) is 13.1. The van der Waals surface area contributed by atoms with Crippen molar-refractivity contribution in [2.45, 2.75) is 32.2 Å². The van der Waals surface area contributed by atoms with E-state index in [9.17, 15) is 0 Å². The molecule has 0 aliphatic heterocycles. The summed E-state index contributed by atoms with van der Waals surface area (Å²) in [6, 6.07) is 17.0. The van der Waals surface area contributed by atoms with Crippen molar-refractivity contribution in [2.75, 3.05) is 0 Å². The average Bonchev–Trinajstić information content (AvgIpc) is 2.39. The fourth-order valence-corrected chi connectivity index (χ4v) is 2.66. The summed E-state index contributed by atoms with van der Waals surface area (Å²) in [4.78, 5) is 0. The highest BCUT2D eigenvalue weighted by Gasteiger charge is 2.21. The molecular formula is C17H20BrN. The maximum absolute atomic E-state index is 6.49. The van der Waals surface area contributed by atoms with E-state index in [1.54, 1.807) is 0 Å². The summed E-state index contributed by atoms with van der Waals surface area (Å²) in [7, 11) is 0. The lowest BCUT2D eigenvalue weighted by molar-refractivity contribution is 0.491. The number of hydrogen-bond acceptors (Lipinski definition) is 1. The van der Waals surface area contributed by atoms with Crippen LogP contribution in [0, 0.1) is 0 Å². The quantitative estimate of drug-likeness (QED) is 0.887. The molecule has 0 amide bonds. The van der Waals surface area contributed by atoms with Crippen LogP contribution in [0.15, 0.2) is 53.0 Å². The van der Waals surface area contributed by atoms with Crippen LogP contribution >= 0.6 is 15.9 Å². The topological polar surface area (TPSA) is 26.0 Å². The molecule has 2 aromatic carbocycles. The highest BCUT2D eigenvalue weighted by Crippen LogP contribution is 2.25. The molecular weight excluding hydrogens is 298 g/mol. The minimum atomic E-state index is -0.350. The molecule has 1 atom stereocenters. The third-order valence-corrected chi connectivity index (χ3v) is 3.98. The Bertz CT molecular complexity index is 543. The zero-order valence-electron chi connectivity index (χ0n) is 11.5. The van der Waals surface area contributed by atoms with E-state index in [1.807, 2.05) is 12.1 Å². The molecule has 0 aromatic heterocycles. The van der Waals surface area contributed by atoms with Crippen molar-refractivity contribution in [1.82, 2.24) is 0 Å². The van der Waals surface area contributed by atoms with Crippen LogP contribution in [0.4, 0.5) is 0 Å². The molecule has 100 valence electrons. The van der Waals surface area contributed by atoms with Crippen LogP contribution in [-0.4, -0.2) is 0 Å². The maximum atomic E-state index is 6.49. The number of hydrogen-bond donors (Lipinski definition) is 1. The van der Waals surface area contributed by atoms with Crippen molar-refractivity contribution < 1.29 is 0 Å². The Labute approximate surface area is 124 Å². The van der Waals surface area contributed by atoms with Crippen molar-refractivity contribution in [3.05, 3.63) is 69.7 Å². The lowest BCUT2D eigenvalue weighted by atomic mass is 9.86. The van der Waals surface area contributed by atoms with Gasteiger partial charge in [-0.15, -0.1) is 0 Å². The number of rotatable bonds is 4. The molecule has 2 aromatic rings. The minimum absolute atomic E-state index is 0.350. The van der Waals surface area contributed by atoms with Gasteiger partial charge >= 0.3 is 0 Å². The van der Waals surface area contributed by atoms with E-state index < -0.39 is 0 Å². The van der Waals surface area contributed by atoms with Crippen LogP contribution in [0.1, 0.15) is 30.5 Å². The van der Waals surface area contributed by atoms with E-state index in [-0.39, 0.29) is 5.54 Å². The second-order valence-corrected chi connectivity index (χ2v) is 6.19. The van der Waals surface area contributed by atoms with Gasteiger partial charge in [-0.1, -0.05) is 59.3 Å². The second-order valence-electron chi connectivity index (χ2n) is 5.27. The van der Waals surface area contributed by atoms with Gasteiger partial charge in [-0.25, -0.2) is 0 Å². The minimum Gasteiger partial charge on any atom is -0.321 e. The Kier molecular flexibility index (Phi) is 4.43. The summed E-state index contributed by atoms with van der Waals surface area (Å²) in [6.07, 6.45) is 1.92. The predicted octanol–water partition coefficient (Wildman–Crippen LogP) is 4.43. The number of nitrogens with two attached hydrogens (primary N) is 1. The largest absolute Gasteiger partial charge is 0.321 e. The summed E-state index contributed by atoms with van der Waals surface area (Å²) in [5.74, 6) is 0. The molecule has 0 radical (unpaired) electrons. The Morgan fingerprint density at radius 1 is 1.05 bits per heavy atom. The van der Waals surface area contributed by atoms with Gasteiger partial charge in [-0.05, 0) is 48.6 Å². The van der Waals surface area contributed by atoms with Crippen LogP contribution in [-0.2, 0) is 18.4 Å². The van der Waals surface area contributed by atoms with E-state index in [1.165, 1.54) is 11.1 Å². The molecule has 2 rings (SSSR count). The van der Waals surface area contributed by atoms with Gasteiger partial charge < -0.3 is 5.73 Å². The molecule has 19 heavy (non-hydrogen) atoms. The Hall–Kier alpha value is -1.12. The Morgan fingerprint density at radius 2 is 1.68 bits per heavy atom. The van der Waals surface area contributed by atoms with Gasteiger partial charge in [0.25, 0.3) is 0 Å². The first kappa shape index (κ1) is 14.3. The molecule has 0 aliphatic rings. The van der Waals surface area contributed by atoms with E-state index >= 15 is 0 Å². The highest BCUT2D eigenvalue weighted by molar-refractivity contribution is 9.10. The molecule has 0 heterocycles. The lowest BCUT2D eigenvalue weighted by Gasteiger charge is -2.26. The molecule has 0 saturated carbocycles. The standard InChI is InChI=1S/C17H20BrN/c1-3-13-7-9-14(10-8-13)12-17(2,19)15-5-4-6-16(18)11-15/h4-11H,3,12,19H2,1-2H3. The molecule has 0 saturated heterocycles. The molecule has 1 unspecified atom stereocenters. The monoisotopic (exact) mass is 317 g/mol. The Balaban J connectivity index is 2.20. The maximum Gasteiger partial charge on any atom is 0.0422 e. The van der Waals surface area contributed by atoms with Gasteiger partial charge in [0, 0.05) is 10.0 Å². The van der Waals surface area contributed by atoms with E-state index in [2.05, 4.69) is 66.2 Å². The first-order chi connectivity index (χ1) is 9.01. The number of aryl methyl sites for hydroxylation is 1. The normalized spacial score (nSPS) is 14.1. The summed E-state index contributed by atoms with van der Waals surface area (Å²) >= 11 is 3.50. The summed E-state index contributed by atoms with van der Waals surface area (Å²) < 4.78 is 1.07. The molecule has 0 spiro atoms. The number of benzene rings is 2. The average molecular weight is 318 g/mol. The number of halogens is 1. The molecule has 1 nitrogen and oxygen atoms in total. The van der Waals surface area contributed by atoms with E-state index in [0.29, 0.717) is 0 Å². The fraction of sp³-hybridized carbons (Fsp3) is 0.294. The van der Waals surface area contributed by atoms with Crippen LogP contribution in [0.25, 0.3) is 0 Å². The van der Waals surface area contributed by atoms with Crippen LogP contribution < -0.4 is 5.73 Å². The summed E-state index contributed by atoms with van der Waals surface area (Å²) in [5.41, 5.74) is 9.94. The predicted molar refractivity (Wildman–Crippen MR) is 85.2 cm³/mol. The van der Waals surface area contributed by atoms with Gasteiger partial charge in [0.2, 0.25) is 0 Å². The smallest absolute Gasteiger partial charge is 0.0422 e. The van der Waals surface area contributed by atoms with Crippen molar-refractivity contribution in [1.29, 1.82) is 0 Å². The van der Waals surface area contributed by atoms with Crippen LogP contribution in [0.5, 0.6) is 0 Å². The molecule has 0 fully saturated rings. The van der Waals surface area contributed by atoms with Crippen LogP contribution in [0.2, 0.25) is 0 Å². The fourth-order valence-electron chi connectivity index (χ4n) is 2.26. The molecule has 0 bridgehead atoms. The molecule has 2 heteroatoms. The van der Waals surface area contributed by atoms with E-state index in [4.69, 9.17) is 5.73 Å². The van der Waals surface area contributed by atoms with Gasteiger partial charge in [0.1, 0.15) is 0 Å². The Morgan fingerprint density at radius 3 is 2.26 bits per heavy atom. The first-order valence-corrected chi connectivity index (χ1v) is 7.43. The van der Waals surface area contributed by atoms with E-state index in [0.717, 1.165) is 22.9 Å². The molecule has 0 aliphatic carbocycles. The van der Waals surface area contributed by atoms with Gasteiger partial charge in [0.15, 0.2) is 0 Å². The lowest BCUT2D eigenvalue weighted by Crippen LogP contribution is -2.35. The van der Waals surface area contributed by atoms with Crippen molar-refractivity contribution in [3.8, 4) is 0 Å². The van der Waals surface area contributed by atoms with Crippen molar-refractivity contribution in [2.24, 2.45) is 5.73 Å². The summed E-state index contributed by atoms with van der Waals surface area (Å²) in [6.45, 7) is 4.26. The third-order valence-electron chi connectivity index (χ3n) is 3.49. The molecule has 2 N–H and O–H groups in total. The summed E-state index contributed by atoms with van der Waals surface area (Å²) in [5, 5.41) is 0. The zero-order chi connectivity index (χ0) is 13.9. The van der Waals surface area contributed by atoms with Crippen molar-refractivity contribution >= 4 is 15.9 Å². The van der Waals surface area contributed by atoms with Gasteiger partial charge in [-0.2, -0.15) is 0 Å². The highest BCUT2D eigenvalue weighted by atomic mass is 79.9. The van der Waals surface area contributed by atoms with Crippen LogP contribution in [0.3, 0.4) is 0 Å². The van der Waals surface area contributed by atoms with Gasteiger partial charge in [0.05, 0.1) is 0 Å². The van der Waals surface area contributed by atoms with Gasteiger partial charge in [-0.3, -0.25) is 0 Å². The third kappa shape index (κ3) is 3.68. The second kappa shape index (κ2) is 5.89.